The zero-order valence-electron chi connectivity index (χ0n) is 17.2. The van der Waals surface area contributed by atoms with Crippen LogP contribution in [-0.2, 0) is 0 Å². The molecule has 0 saturated heterocycles. The maximum Gasteiger partial charge on any atom is 0.130 e. The van der Waals surface area contributed by atoms with E-state index in [2.05, 4.69) is 44.0 Å². The first kappa shape index (κ1) is 21.0. The van der Waals surface area contributed by atoms with Gasteiger partial charge in [-0.1, -0.05) is 19.1 Å². The van der Waals surface area contributed by atoms with E-state index >= 15 is 0 Å². The van der Waals surface area contributed by atoms with Gasteiger partial charge >= 0.3 is 0 Å². The number of aryl methyl sites for hydroxylation is 2. The second-order valence-electron chi connectivity index (χ2n) is 7.01. The Balaban J connectivity index is 2.23. The van der Waals surface area contributed by atoms with Crippen molar-refractivity contribution in [1.29, 1.82) is 0 Å². The summed E-state index contributed by atoms with van der Waals surface area (Å²) in [5.74, 6) is 2.03. The number of aliphatic imine (C=N–C) groups is 1. The summed E-state index contributed by atoms with van der Waals surface area (Å²) in [5.41, 5.74) is 4.31. The van der Waals surface area contributed by atoms with Gasteiger partial charge in [0.2, 0.25) is 0 Å². The Morgan fingerprint density at radius 1 is 1.15 bits per heavy atom. The van der Waals surface area contributed by atoms with Crippen molar-refractivity contribution in [3.8, 4) is 11.5 Å². The molecule has 1 atom stereocenters. The molecule has 2 rings (SSSR count). The average molecular weight is 369 g/mol. The lowest BCUT2D eigenvalue weighted by Gasteiger charge is -2.16. The van der Waals surface area contributed by atoms with E-state index in [4.69, 9.17) is 4.74 Å². The van der Waals surface area contributed by atoms with Gasteiger partial charge in [-0.3, -0.25) is 0 Å². The number of nitrogens with zero attached hydrogens (tertiary/aromatic N) is 2. The summed E-state index contributed by atoms with van der Waals surface area (Å²) in [4.78, 5) is 6.62. The lowest BCUT2D eigenvalue weighted by Crippen LogP contribution is -2.14. The molecule has 0 spiro atoms. The molecule has 27 heavy (non-hydrogen) atoms. The van der Waals surface area contributed by atoms with Crippen LogP contribution in [0.4, 0.5) is 5.69 Å². The molecule has 0 aliphatic heterocycles. The quantitative estimate of drug-likeness (QED) is 0.464. The van der Waals surface area contributed by atoms with Gasteiger partial charge in [0.05, 0.1) is 12.0 Å². The van der Waals surface area contributed by atoms with Gasteiger partial charge in [0, 0.05) is 20.2 Å². The minimum Gasteiger partial charge on any atom is -0.457 e. The van der Waals surface area contributed by atoms with Crippen LogP contribution in [0.3, 0.4) is 0 Å². The molecular formula is C23H32N2O2. The molecule has 4 nitrogen and oxygen atoms in total. The predicted molar refractivity (Wildman–Crippen MR) is 114 cm³/mol. The Labute approximate surface area is 163 Å². The van der Waals surface area contributed by atoms with Crippen molar-refractivity contribution in [2.24, 2.45) is 4.99 Å². The third-order valence-corrected chi connectivity index (χ3v) is 4.91. The van der Waals surface area contributed by atoms with Crippen molar-refractivity contribution in [2.45, 2.75) is 46.5 Å². The van der Waals surface area contributed by atoms with Crippen molar-refractivity contribution in [3.05, 3.63) is 53.1 Å². The molecule has 0 bridgehead atoms. The Bertz CT molecular complexity index is 771. The summed E-state index contributed by atoms with van der Waals surface area (Å²) in [6, 6.07) is 12.3. The molecule has 0 amide bonds. The summed E-state index contributed by atoms with van der Waals surface area (Å²) in [6.07, 6.45) is 3.63. The van der Waals surface area contributed by atoms with Crippen molar-refractivity contribution < 1.29 is 9.84 Å². The van der Waals surface area contributed by atoms with Gasteiger partial charge < -0.3 is 14.7 Å². The van der Waals surface area contributed by atoms with E-state index in [-0.39, 0.29) is 6.61 Å². The van der Waals surface area contributed by atoms with Crippen LogP contribution in [0.1, 0.15) is 49.3 Å². The minimum absolute atomic E-state index is 0.205. The van der Waals surface area contributed by atoms with Crippen molar-refractivity contribution in [2.75, 3.05) is 20.2 Å². The first-order valence-corrected chi connectivity index (χ1v) is 9.72. The summed E-state index contributed by atoms with van der Waals surface area (Å²) in [7, 11) is 2.01. The Morgan fingerprint density at radius 3 is 2.59 bits per heavy atom. The first-order chi connectivity index (χ1) is 13.0. The number of hydrogen-bond donors (Lipinski definition) is 1. The number of ether oxygens (including phenoxy) is 1. The van der Waals surface area contributed by atoms with E-state index in [1.165, 1.54) is 5.56 Å². The average Bonchev–Trinajstić information content (AvgIpc) is 2.67. The number of rotatable bonds is 9. The number of aliphatic hydroxyl groups excluding tert-OH is 1. The summed E-state index contributed by atoms with van der Waals surface area (Å²) in [6.45, 7) is 9.47. The molecule has 0 aliphatic carbocycles. The molecule has 0 fully saturated rings. The molecule has 1 unspecified atom stereocenters. The van der Waals surface area contributed by atoms with Crippen LogP contribution in [-0.4, -0.2) is 36.5 Å². The fraction of sp³-hybridized carbons (Fsp3) is 0.435. The number of hydrogen-bond acceptors (Lipinski definition) is 3. The molecule has 2 aromatic carbocycles. The predicted octanol–water partition coefficient (Wildman–Crippen LogP) is 5.58. The molecule has 4 heteroatoms. The molecule has 0 aromatic heterocycles. The van der Waals surface area contributed by atoms with Crippen molar-refractivity contribution in [3.63, 3.8) is 0 Å². The summed E-state index contributed by atoms with van der Waals surface area (Å²) >= 11 is 0. The van der Waals surface area contributed by atoms with Crippen molar-refractivity contribution >= 4 is 12.0 Å². The van der Waals surface area contributed by atoms with Crippen LogP contribution in [0, 0.1) is 13.8 Å². The second-order valence-corrected chi connectivity index (χ2v) is 7.01. The zero-order chi connectivity index (χ0) is 19.8. The minimum atomic E-state index is 0.205. The highest BCUT2D eigenvalue weighted by Gasteiger charge is 2.11. The summed E-state index contributed by atoms with van der Waals surface area (Å²) < 4.78 is 6.18. The van der Waals surface area contributed by atoms with E-state index in [1.54, 1.807) is 0 Å². The Hall–Kier alpha value is -2.33. The lowest BCUT2D eigenvalue weighted by atomic mass is 9.93. The highest BCUT2D eigenvalue weighted by Crippen LogP contribution is 2.33. The fourth-order valence-corrected chi connectivity index (χ4v) is 2.99. The molecule has 0 aliphatic rings. The van der Waals surface area contributed by atoms with Gasteiger partial charge in [0.25, 0.3) is 0 Å². The van der Waals surface area contributed by atoms with Crippen LogP contribution in [0.15, 0.2) is 41.4 Å². The summed E-state index contributed by atoms with van der Waals surface area (Å²) in [5, 5.41) is 9.27. The molecule has 0 radical (unpaired) electrons. The van der Waals surface area contributed by atoms with Gasteiger partial charge in [0.1, 0.15) is 11.5 Å². The maximum absolute atomic E-state index is 9.27. The number of benzene rings is 2. The lowest BCUT2D eigenvalue weighted by molar-refractivity contribution is 0.274. The van der Waals surface area contributed by atoms with Crippen LogP contribution in [0.25, 0.3) is 0 Å². The van der Waals surface area contributed by atoms with E-state index in [0.29, 0.717) is 5.92 Å². The second kappa shape index (κ2) is 10.1. The highest BCUT2D eigenvalue weighted by molar-refractivity contribution is 5.64. The first-order valence-electron chi connectivity index (χ1n) is 9.72. The molecule has 1 N–H and O–H groups in total. The Kier molecular flexibility index (Phi) is 7.86. The molecule has 146 valence electrons. The van der Waals surface area contributed by atoms with E-state index in [0.717, 1.165) is 47.7 Å². The van der Waals surface area contributed by atoms with E-state index in [1.807, 2.05) is 43.4 Å². The fourth-order valence-electron chi connectivity index (χ4n) is 2.99. The normalized spacial score (nSPS) is 12.4. The SMILES string of the molecule is CCC(CCO)c1cccc(Oc2cc(C)c(N=CN(C)CC)cc2C)c1. The van der Waals surface area contributed by atoms with Crippen molar-refractivity contribution in [1.82, 2.24) is 4.90 Å². The molecular weight excluding hydrogens is 336 g/mol. The molecule has 2 aromatic rings. The van der Waals surface area contributed by atoms with Crippen LogP contribution >= 0.6 is 0 Å². The topological polar surface area (TPSA) is 45.1 Å². The zero-order valence-corrected chi connectivity index (χ0v) is 17.2. The number of aliphatic hydroxyl groups is 1. The molecule has 0 heterocycles. The van der Waals surface area contributed by atoms with E-state index < -0.39 is 0 Å². The highest BCUT2D eigenvalue weighted by atomic mass is 16.5. The van der Waals surface area contributed by atoms with Gasteiger partial charge in [-0.15, -0.1) is 0 Å². The van der Waals surface area contributed by atoms with Gasteiger partial charge in [-0.25, -0.2) is 4.99 Å². The van der Waals surface area contributed by atoms with Gasteiger partial charge in [-0.05, 0) is 80.5 Å². The van der Waals surface area contributed by atoms with Crippen LogP contribution in [0.5, 0.6) is 11.5 Å². The largest absolute Gasteiger partial charge is 0.457 e. The standard InChI is InChI=1S/C23H32N2O2/c1-6-19(11-12-26)20-9-8-10-21(15-20)27-23-14-17(3)22(13-18(23)4)24-16-25(5)7-2/h8-10,13-16,19,26H,6-7,11-12H2,1-5H3. The van der Waals surface area contributed by atoms with E-state index in [9.17, 15) is 5.11 Å². The smallest absolute Gasteiger partial charge is 0.130 e. The Morgan fingerprint density at radius 2 is 1.93 bits per heavy atom. The third kappa shape index (κ3) is 5.83. The maximum atomic E-state index is 9.27. The van der Waals surface area contributed by atoms with Gasteiger partial charge in [0.15, 0.2) is 0 Å². The van der Waals surface area contributed by atoms with Crippen LogP contribution in [0.2, 0.25) is 0 Å². The molecule has 0 saturated carbocycles. The monoisotopic (exact) mass is 368 g/mol. The van der Waals surface area contributed by atoms with Crippen LogP contribution < -0.4 is 4.74 Å². The third-order valence-electron chi connectivity index (χ3n) is 4.91. The van der Waals surface area contributed by atoms with Gasteiger partial charge in [-0.2, -0.15) is 0 Å².